The van der Waals surface area contributed by atoms with Crippen LogP contribution in [0, 0.1) is 5.82 Å². The molecule has 2 rings (SSSR count). The molecule has 33 heavy (non-hydrogen) atoms. The number of para-hydroxylation sites is 1. The summed E-state index contributed by atoms with van der Waals surface area (Å²) in [6.07, 6.45) is 0. The number of hydrogen-bond acceptors (Lipinski definition) is 4. The maximum absolute atomic E-state index is 14.5. The lowest BCUT2D eigenvalue weighted by Crippen LogP contribution is -2.52. The minimum atomic E-state index is -4.21. The van der Waals surface area contributed by atoms with E-state index in [0.29, 0.717) is 10.8 Å². The van der Waals surface area contributed by atoms with Gasteiger partial charge in [0.15, 0.2) is 0 Å². The smallest absolute Gasteiger partial charge is 0.304 e. The van der Waals surface area contributed by atoms with Gasteiger partial charge in [-0.15, -0.1) is 0 Å². The summed E-state index contributed by atoms with van der Waals surface area (Å²) in [6, 6.07) is 11.6. The monoisotopic (exact) mass is 542 g/mol. The summed E-state index contributed by atoms with van der Waals surface area (Å²) in [4.78, 5) is 27.2. The minimum absolute atomic E-state index is 0.0670. The van der Waals surface area contributed by atoms with E-state index < -0.39 is 34.5 Å². The number of halogens is 2. The number of carbonyl (C=O) groups is 2. The zero-order valence-electron chi connectivity index (χ0n) is 19.0. The largest absolute Gasteiger partial charge is 0.355 e. The lowest BCUT2D eigenvalue weighted by atomic mass is 10.1. The van der Waals surface area contributed by atoms with Crippen LogP contribution in [0.15, 0.2) is 53.0 Å². The van der Waals surface area contributed by atoms with Crippen molar-refractivity contribution in [1.82, 2.24) is 14.5 Å². The van der Waals surface area contributed by atoms with Crippen molar-refractivity contribution < 1.29 is 22.4 Å². The van der Waals surface area contributed by atoms with Gasteiger partial charge < -0.3 is 10.2 Å². The molecular formula is C22H28BrFN4O4S. The van der Waals surface area contributed by atoms with Crippen LogP contribution in [0.1, 0.15) is 19.4 Å². The third-order valence-electron chi connectivity index (χ3n) is 4.92. The topological polar surface area (TPSA) is 90.0 Å². The Morgan fingerprint density at radius 1 is 1.09 bits per heavy atom. The molecule has 180 valence electrons. The molecule has 0 heterocycles. The van der Waals surface area contributed by atoms with E-state index in [0.717, 1.165) is 20.4 Å². The molecule has 2 aromatic carbocycles. The molecule has 1 N–H and O–H groups in total. The first-order valence-corrected chi connectivity index (χ1v) is 12.4. The Bertz CT molecular complexity index is 1080. The van der Waals surface area contributed by atoms with E-state index in [4.69, 9.17) is 0 Å². The Labute approximate surface area is 202 Å². The Hall–Kier alpha value is -2.50. The number of likely N-dealkylation sites (N-methyl/N-ethyl adjacent to an activating group) is 1. The van der Waals surface area contributed by atoms with Crippen molar-refractivity contribution in [2.24, 2.45) is 0 Å². The van der Waals surface area contributed by atoms with Crippen LogP contribution >= 0.6 is 15.9 Å². The van der Waals surface area contributed by atoms with E-state index in [1.54, 1.807) is 38.1 Å². The van der Waals surface area contributed by atoms with Gasteiger partial charge in [-0.1, -0.05) is 40.2 Å². The highest BCUT2D eigenvalue weighted by Crippen LogP contribution is 2.24. The van der Waals surface area contributed by atoms with Crippen LogP contribution in [0.25, 0.3) is 0 Å². The molecule has 2 amide bonds. The molecule has 0 saturated heterocycles. The highest BCUT2D eigenvalue weighted by molar-refractivity contribution is 9.10. The Morgan fingerprint density at radius 3 is 2.24 bits per heavy atom. The zero-order chi connectivity index (χ0) is 24.8. The van der Waals surface area contributed by atoms with Crippen molar-refractivity contribution in [2.45, 2.75) is 26.4 Å². The summed E-state index contributed by atoms with van der Waals surface area (Å²) in [7, 11) is -1.61. The first kappa shape index (κ1) is 26.7. The lowest BCUT2D eigenvalue weighted by molar-refractivity contribution is -0.139. The average Bonchev–Trinajstić information content (AvgIpc) is 2.77. The van der Waals surface area contributed by atoms with Gasteiger partial charge in [0.05, 0.1) is 5.69 Å². The lowest BCUT2D eigenvalue weighted by Gasteiger charge is -2.32. The number of carbonyl (C=O) groups excluding carboxylic acids is 2. The number of rotatable bonds is 10. The predicted molar refractivity (Wildman–Crippen MR) is 129 cm³/mol. The van der Waals surface area contributed by atoms with Crippen molar-refractivity contribution in [1.29, 1.82) is 0 Å². The maximum Gasteiger partial charge on any atom is 0.304 e. The maximum atomic E-state index is 14.5. The Balaban J connectivity index is 2.45. The Morgan fingerprint density at radius 2 is 1.70 bits per heavy atom. The molecule has 8 nitrogen and oxygen atoms in total. The first-order chi connectivity index (χ1) is 15.5. The zero-order valence-corrected chi connectivity index (χ0v) is 21.4. The van der Waals surface area contributed by atoms with Crippen LogP contribution in [-0.2, 0) is 26.3 Å². The van der Waals surface area contributed by atoms with E-state index in [9.17, 15) is 22.4 Å². The van der Waals surface area contributed by atoms with Gasteiger partial charge >= 0.3 is 10.2 Å². The number of hydrogen-bond donors (Lipinski definition) is 1. The molecule has 1 atom stereocenters. The molecule has 0 spiro atoms. The first-order valence-electron chi connectivity index (χ1n) is 10.2. The SMILES string of the molecule is CCNC(=O)C(C)N(Cc1ccc(Br)cc1)C(=O)CN(c1ccccc1F)S(=O)(=O)N(C)C. The Kier molecular flexibility index (Phi) is 9.38. The van der Waals surface area contributed by atoms with Crippen molar-refractivity contribution in [3.63, 3.8) is 0 Å². The molecule has 0 fully saturated rings. The molecular weight excluding hydrogens is 515 g/mol. The van der Waals surface area contributed by atoms with Crippen molar-refractivity contribution >= 4 is 43.6 Å². The molecule has 1 unspecified atom stereocenters. The molecule has 0 aliphatic rings. The van der Waals surface area contributed by atoms with E-state index in [2.05, 4.69) is 21.2 Å². The van der Waals surface area contributed by atoms with Crippen LogP contribution < -0.4 is 9.62 Å². The van der Waals surface area contributed by atoms with E-state index in [1.165, 1.54) is 37.2 Å². The molecule has 0 aromatic heterocycles. The number of benzene rings is 2. The molecule has 0 radical (unpaired) electrons. The van der Waals surface area contributed by atoms with Crippen LogP contribution in [-0.4, -0.2) is 62.7 Å². The predicted octanol–water partition coefficient (Wildman–Crippen LogP) is 2.75. The van der Waals surface area contributed by atoms with E-state index in [1.807, 2.05) is 0 Å². The van der Waals surface area contributed by atoms with Crippen molar-refractivity contribution in [3.8, 4) is 0 Å². The van der Waals surface area contributed by atoms with Gasteiger partial charge in [-0.25, -0.2) is 8.70 Å². The van der Waals surface area contributed by atoms with E-state index in [-0.39, 0.29) is 18.1 Å². The van der Waals surface area contributed by atoms with Gasteiger partial charge in [-0.2, -0.15) is 12.7 Å². The van der Waals surface area contributed by atoms with Crippen LogP contribution in [0.4, 0.5) is 10.1 Å². The van der Waals surface area contributed by atoms with Crippen molar-refractivity contribution in [2.75, 3.05) is 31.5 Å². The average molecular weight is 543 g/mol. The molecule has 0 saturated carbocycles. The van der Waals surface area contributed by atoms with Gasteiger partial charge in [0.1, 0.15) is 18.4 Å². The van der Waals surface area contributed by atoms with Gasteiger partial charge in [-0.05, 0) is 43.7 Å². The quantitative estimate of drug-likeness (QED) is 0.499. The fourth-order valence-corrected chi connectivity index (χ4v) is 4.38. The summed E-state index contributed by atoms with van der Waals surface area (Å²) in [5.74, 6) is -1.81. The number of nitrogens with zero attached hydrogens (tertiary/aromatic N) is 3. The summed E-state index contributed by atoms with van der Waals surface area (Å²) < 4.78 is 42.9. The second-order valence-corrected chi connectivity index (χ2v) is 10.4. The van der Waals surface area contributed by atoms with Gasteiger partial charge in [0.2, 0.25) is 11.8 Å². The van der Waals surface area contributed by atoms with Crippen molar-refractivity contribution in [3.05, 3.63) is 64.4 Å². The van der Waals surface area contributed by atoms with E-state index >= 15 is 0 Å². The molecule has 11 heteroatoms. The summed E-state index contributed by atoms with van der Waals surface area (Å²) >= 11 is 3.36. The van der Waals surface area contributed by atoms with Crippen LogP contribution in [0.2, 0.25) is 0 Å². The fourth-order valence-electron chi connectivity index (χ4n) is 3.05. The summed E-state index contributed by atoms with van der Waals surface area (Å²) in [5.41, 5.74) is 0.490. The third-order valence-corrected chi connectivity index (χ3v) is 7.26. The number of amides is 2. The third kappa shape index (κ3) is 6.75. The van der Waals surface area contributed by atoms with Crippen LogP contribution in [0.3, 0.4) is 0 Å². The standard InChI is InChI=1S/C22H28BrFN4O4S/c1-5-25-22(30)16(2)27(14-17-10-12-18(23)13-11-17)21(29)15-28(33(31,32)26(3)4)20-9-7-6-8-19(20)24/h6-13,16H,5,14-15H2,1-4H3,(H,25,30). The highest BCUT2D eigenvalue weighted by atomic mass is 79.9. The van der Waals surface area contributed by atoms with Crippen LogP contribution in [0.5, 0.6) is 0 Å². The van der Waals surface area contributed by atoms with Gasteiger partial charge in [0.25, 0.3) is 0 Å². The normalized spacial score (nSPS) is 12.3. The second-order valence-electron chi connectivity index (χ2n) is 7.47. The highest BCUT2D eigenvalue weighted by Gasteiger charge is 2.33. The summed E-state index contributed by atoms with van der Waals surface area (Å²) in [6.45, 7) is 3.09. The molecule has 0 bridgehead atoms. The minimum Gasteiger partial charge on any atom is -0.355 e. The number of anilines is 1. The van der Waals surface area contributed by atoms with Gasteiger partial charge in [0, 0.05) is 31.7 Å². The second kappa shape index (κ2) is 11.6. The summed E-state index contributed by atoms with van der Waals surface area (Å²) in [5, 5.41) is 2.68. The fraction of sp³-hybridized carbons (Fsp3) is 0.364. The molecule has 2 aromatic rings. The molecule has 0 aliphatic carbocycles. The molecule has 0 aliphatic heterocycles. The number of nitrogens with one attached hydrogen (secondary N) is 1. The van der Waals surface area contributed by atoms with Gasteiger partial charge in [-0.3, -0.25) is 9.59 Å².